The number of hydrogen-bond donors (Lipinski definition) is 2. The maximum Gasteiger partial charge on any atom is 0.257 e. The van der Waals surface area contributed by atoms with Crippen molar-refractivity contribution in [2.75, 3.05) is 26.0 Å². The summed E-state index contributed by atoms with van der Waals surface area (Å²) < 4.78 is 0.872. The molecular formula is C23H29BrClN3O2S. The van der Waals surface area contributed by atoms with Crippen molar-refractivity contribution in [3.8, 4) is 0 Å². The highest BCUT2D eigenvalue weighted by Crippen LogP contribution is 2.17. The molecule has 1 amide bonds. The van der Waals surface area contributed by atoms with E-state index in [0.29, 0.717) is 18.4 Å². The Bertz CT molecular complexity index is 904. The standard InChI is InChI=1S/C23H28BrN3O2S.ClH/c1-16-7-10-18(15-21(16)24)22(29)26-23(30)25-19-11-8-17(9-12-19)14-20(28)6-4-5-13-27(2)3;/h7-12,15H,4-6,13-14H2,1-3H3,(H2,25,26,29,30);1H. The quantitative estimate of drug-likeness (QED) is 0.350. The Kier molecular flexibility index (Phi) is 11.9. The molecule has 0 heterocycles. The summed E-state index contributed by atoms with van der Waals surface area (Å²) in [7, 11) is 4.08. The molecule has 0 radical (unpaired) electrons. The number of Topliss-reactive ketones (excluding diaryl/α,β-unsaturated/α-hetero) is 1. The van der Waals surface area contributed by atoms with Crippen LogP contribution in [-0.2, 0) is 11.2 Å². The number of thiocarbonyl (C=S) groups is 1. The predicted molar refractivity (Wildman–Crippen MR) is 137 cm³/mol. The molecule has 0 saturated carbocycles. The van der Waals surface area contributed by atoms with Crippen LogP contribution >= 0.6 is 40.6 Å². The SMILES string of the molecule is Cc1ccc(C(=O)NC(=S)Nc2ccc(CC(=O)CCCCN(C)C)cc2)cc1Br.Cl. The van der Waals surface area contributed by atoms with Crippen LogP contribution in [0.2, 0.25) is 0 Å². The molecule has 0 aromatic heterocycles. The third-order valence-corrected chi connectivity index (χ3v) is 5.64. The second kappa shape index (κ2) is 13.6. The highest BCUT2D eigenvalue weighted by Gasteiger charge is 2.10. The number of nitrogens with zero attached hydrogens (tertiary/aromatic N) is 1. The first-order valence-electron chi connectivity index (χ1n) is 9.88. The molecule has 0 atom stereocenters. The van der Waals surface area contributed by atoms with Gasteiger partial charge in [-0.3, -0.25) is 14.9 Å². The topological polar surface area (TPSA) is 61.4 Å². The van der Waals surface area contributed by atoms with E-state index in [0.717, 1.165) is 40.7 Å². The number of carbonyl (C=O) groups is 2. The van der Waals surface area contributed by atoms with Gasteiger partial charge in [0.25, 0.3) is 5.91 Å². The zero-order valence-corrected chi connectivity index (χ0v) is 21.3. The molecule has 0 saturated heterocycles. The van der Waals surface area contributed by atoms with E-state index in [-0.39, 0.29) is 29.2 Å². The van der Waals surface area contributed by atoms with Gasteiger partial charge in [-0.25, -0.2) is 0 Å². The fraction of sp³-hybridized carbons (Fsp3) is 0.348. The van der Waals surface area contributed by atoms with Gasteiger partial charge in [-0.15, -0.1) is 12.4 Å². The lowest BCUT2D eigenvalue weighted by molar-refractivity contribution is -0.118. The maximum absolute atomic E-state index is 12.3. The van der Waals surface area contributed by atoms with Gasteiger partial charge in [0, 0.05) is 28.6 Å². The van der Waals surface area contributed by atoms with Crippen molar-refractivity contribution >= 4 is 63.0 Å². The number of rotatable bonds is 9. The number of benzene rings is 2. The van der Waals surface area contributed by atoms with Gasteiger partial charge < -0.3 is 10.2 Å². The van der Waals surface area contributed by atoms with Crippen LogP contribution in [0.15, 0.2) is 46.9 Å². The van der Waals surface area contributed by atoms with Crippen molar-refractivity contribution in [1.82, 2.24) is 10.2 Å². The van der Waals surface area contributed by atoms with E-state index < -0.39 is 0 Å². The van der Waals surface area contributed by atoms with E-state index in [1.165, 1.54) is 0 Å². The molecule has 168 valence electrons. The first-order chi connectivity index (χ1) is 14.2. The highest BCUT2D eigenvalue weighted by molar-refractivity contribution is 9.10. The molecule has 0 aliphatic rings. The minimum absolute atomic E-state index is 0. The summed E-state index contributed by atoms with van der Waals surface area (Å²) in [4.78, 5) is 26.6. The molecule has 31 heavy (non-hydrogen) atoms. The van der Waals surface area contributed by atoms with Crippen LogP contribution in [0.3, 0.4) is 0 Å². The van der Waals surface area contributed by atoms with E-state index in [1.807, 2.05) is 51.4 Å². The Balaban J connectivity index is 0.00000480. The van der Waals surface area contributed by atoms with Crippen LogP contribution in [0.5, 0.6) is 0 Å². The molecular weight excluding hydrogens is 498 g/mol. The fourth-order valence-electron chi connectivity index (χ4n) is 2.84. The molecule has 0 aliphatic heterocycles. The van der Waals surface area contributed by atoms with Crippen molar-refractivity contribution in [2.45, 2.75) is 32.6 Å². The fourth-order valence-corrected chi connectivity index (χ4v) is 3.43. The summed E-state index contributed by atoms with van der Waals surface area (Å²) in [5, 5.41) is 5.90. The van der Waals surface area contributed by atoms with Gasteiger partial charge in [0.15, 0.2) is 5.11 Å². The van der Waals surface area contributed by atoms with Crippen LogP contribution < -0.4 is 10.6 Å². The van der Waals surface area contributed by atoms with E-state index in [9.17, 15) is 9.59 Å². The number of anilines is 1. The molecule has 0 spiro atoms. The Morgan fingerprint density at radius 1 is 1.06 bits per heavy atom. The molecule has 0 fully saturated rings. The van der Waals surface area contributed by atoms with Gasteiger partial charge in [-0.05, 0) is 88.0 Å². The van der Waals surface area contributed by atoms with Crippen molar-refractivity contribution in [2.24, 2.45) is 0 Å². The van der Waals surface area contributed by atoms with Crippen LogP contribution in [0.1, 0.15) is 40.7 Å². The molecule has 2 rings (SSSR count). The zero-order valence-electron chi connectivity index (χ0n) is 18.0. The van der Waals surface area contributed by atoms with Crippen LogP contribution in [-0.4, -0.2) is 42.3 Å². The lowest BCUT2D eigenvalue weighted by Gasteiger charge is -2.11. The largest absolute Gasteiger partial charge is 0.332 e. The molecule has 2 N–H and O–H groups in total. The van der Waals surface area contributed by atoms with Crippen LogP contribution in [0.25, 0.3) is 0 Å². The van der Waals surface area contributed by atoms with Gasteiger partial charge >= 0.3 is 0 Å². The lowest BCUT2D eigenvalue weighted by Crippen LogP contribution is -2.34. The average Bonchev–Trinajstić information content (AvgIpc) is 2.68. The summed E-state index contributed by atoms with van der Waals surface area (Å²) >= 11 is 8.67. The Hall–Kier alpha value is -1.80. The van der Waals surface area contributed by atoms with E-state index in [2.05, 4.69) is 31.5 Å². The second-order valence-corrected chi connectivity index (χ2v) is 8.81. The summed E-state index contributed by atoms with van der Waals surface area (Å²) in [6.07, 6.45) is 3.00. The number of nitrogens with one attached hydrogen (secondary N) is 2. The van der Waals surface area contributed by atoms with E-state index in [1.54, 1.807) is 12.1 Å². The molecule has 0 unspecified atom stereocenters. The lowest BCUT2D eigenvalue weighted by atomic mass is 10.0. The Morgan fingerprint density at radius 3 is 2.35 bits per heavy atom. The second-order valence-electron chi connectivity index (χ2n) is 7.54. The number of ketones is 1. The summed E-state index contributed by atoms with van der Waals surface area (Å²) in [6, 6.07) is 12.9. The van der Waals surface area contributed by atoms with Crippen molar-refractivity contribution in [1.29, 1.82) is 0 Å². The van der Waals surface area contributed by atoms with Gasteiger partial charge in [0.2, 0.25) is 0 Å². The normalized spacial score (nSPS) is 10.4. The minimum Gasteiger partial charge on any atom is -0.332 e. The van der Waals surface area contributed by atoms with Crippen molar-refractivity contribution in [3.63, 3.8) is 0 Å². The number of hydrogen-bond acceptors (Lipinski definition) is 4. The molecule has 0 bridgehead atoms. The summed E-state index contributed by atoms with van der Waals surface area (Å²) in [5.41, 5.74) is 3.31. The van der Waals surface area contributed by atoms with Gasteiger partial charge in [-0.1, -0.05) is 34.1 Å². The molecule has 8 heteroatoms. The highest BCUT2D eigenvalue weighted by atomic mass is 79.9. The average molecular weight is 527 g/mol. The number of aryl methyl sites for hydroxylation is 1. The maximum atomic E-state index is 12.3. The van der Waals surface area contributed by atoms with Crippen LogP contribution in [0.4, 0.5) is 5.69 Å². The monoisotopic (exact) mass is 525 g/mol. The van der Waals surface area contributed by atoms with Crippen molar-refractivity contribution < 1.29 is 9.59 Å². The van der Waals surface area contributed by atoms with Gasteiger partial charge in [0.05, 0.1) is 0 Å². The molecule has 2 aromatic carbocycles. The number of carbonyl (C=O) groups excluding carboxylic acids is 2. The first-order valence-corrected chi connectivity index (χ1v) is 11.1. The Morgan fingerprint density at radius 2 is 1.74 bits per heavy atom. The third kappa shape index (κ3) is 9.91. The smallest absolute Gasteiger partial charge is 0.257 e. The van der Waals surface area contributed by atoms with Crippen LogP contribution in [0, 0.1) is 6.92 Å². The number of amides is 1. The molecule has 0 aliphatic carbocycles. The number of unbranched alkanes of at least 4 members (excludes halogenated alkanes) is 1. The summed E-state index contributed by atoms with van der Waals surface area (Å²) in [6.45, 7) is 2.96. The molecule has 2 aromatic rings. The van der Waals surface area contributed by atoms with Gasteiger partial charge in [-0.2, -0.15) is 0 Å². The summed E-state index contributed by atoms with van der Waals surface area (Å²) in [5.74, 6) is -0.0220. The Labute approximate surface area is 204 Å². The number of halogens is 2. The molecule has 5 nitrogen and oxygen atoms in total. The third-order valence-electron chi connectivity index (χ3n) is 4.59. The predicted octanol–water partition coefficient (Wildman–Crippen LogP) is 5.15. The van der Waals surface area contributed by atoms with E-state index >= 15 is 0 Å². The first kappa shape index (κ1) is 27.2. The zero-order chi connectivity index (χ0) is 22.1. The van der Waals surface area contributed by atoms with Gasteiger partial charge in [0.1, 0.15) is 5.78 Å². The van der Waals surface area contributed by atoms with E-state index in [4.69, 9.17) is 12.2 Å². The van der Waals surface area contributed by atoms with Crippen molar-refractivity contribution in [3.05, 3.63) is 63.6 Å². The minimum atomic E-state index is -0.273.